The van der Waals surface area contributed by atoms with Gasteiger partial charge in [0.15, 0.2) is 0 Å². The zero-order valence-electron chi connectivity index (χ0n) is 16.9. The minimum absolute atomic E-state index is 0.293. The van der Waals surface area contributed by atoms with Crippen molar-refractivity contribution in [3.8, 4) is 0 Å². The topological polar surface area (TPSA) is 50.3 Å². The number of hydrogen-bond acceptors (Lipinski definition) is 7. The maximum Gasteiger partial charge on any atom is 0.146 e. The van der Waals surface area contributed by atoms with E-state index in [0.29, 0.717) is 6.04 Å². The van der Waals surface area contributed by atoms with Crippen LogP contribution in [0.25, 0.3) is 10.2 Å². The maximum absolute atomic E-state index is 5.49. The lowest BCUT2D eigenvalue weighted by atomic mass is 10.0. The van der Waals surface area contributed by atoms with Crippen molar-refractivity contribution >= 4 is 39.1 Å². The molecule has 0 saturated carbocycles. The molecule has 5 nitrogen and oxygen atoms in total. The van der Waals surface area contributed by atoms with E-state index < -0.39 is 0 Å². The number of hydrogen-bond donors (Lipinski definition) is 1. The Labute approximate surface area is 179 Å². The largest absolute Gasteiger partial charge is 0.379 e. The summed E-state index contributed by atoms with van der Waals surface area (Å²) < 4.78 is 5.49. The second-order valence-corrected chi connectivity index (χ2v) is 10.1. The first kappa shape index (κ1) is 19.3. The molecule has 1 N–H and O–H groups in total. The highest BCUT2D eigenvalue weighted by Gasteiger charge is 2.23. The molecule has 1 saturated heterocycles. The number of aromatic nitrogens is 2. The summed E-state index contributed by atoms with van der Waals surface area (Å²) in [6.45, 7) is 8.62. The van der Waals surface area contributed by atoms with Crippen molar-refractivity contribution in [3.63, 3.8) is 0 Å². The number of nitrogens with one attached hydrogen (secondary N) is 1. The molecular formula is C22H26N4OS2. The van der Waals surface area contributed by atoms with Crippen LogP contribution in [0.5, 0.6) is 0 Å². The van der Waals surface area contributed by atoms with E-state index in [9.17, 15) is 0 Å². The van der Waals surface area contributed by atoms with Gasteiger partial charge in [0, 0.05) is 28.6 Å². The molecule has 2 aliphatic heterocycles. The van der Waals surface area contributed by atoms with Gasteiger partial charge in [0.05, 0.1) is 31.2 Å². The van der Waals surface area contributed by atoms with Crippen molar-refractivity contribution in [1.29, 1.82) is 0 Å². The predicted octanol–water partition coefficient (Wildman–Crippen LogP) is 4.79. The number of rotatable bonds is 4. The zero-order chi connectivity index (χ0) is 19.8. The molecule has 2 aliphatic rings. The second kappa shape index (κ2) is 8.22. The molecule has 0 spiro atoms. The van der Waals surface area contributed by atoms with Crippen LogP contribution >= 0.6 is 23.1 Å². The minimum Gasteiger partial charge on any atom is -0.379 e. The Hall–Kier alpha value is -1.67. The first-order valence-corrected chi connectivity index (χ1v) is 12.0. The third-order valence-corrected chi connectivity index (χ3v) is 8.04. The van der Waals surface area contributed by atoms with Gasteiger partial charge in [-0.25, -0.2) is 9.97 Å². The molecule has 29 heavy (non-hydrogen) atoms. The molecule has 2 aromatic heterocycles. The van der Waals surface area contributed by atoms with Crippen LogP contribution in [0.15, 0.2) is 29.2 Å². The van der Waals surface area contributed by atoms with Gasteiger partial charge in [0.25, 0.3) is 0 Å². The van der Waals surface area contributed by atoms with E-state index in [1.165, 1.54) is 26.3 Å². The van der Waals surface area contributed by atoms with E-state index in [0.717, 1.165) is 61.5 Å². The van der Waals surface area contributed by atoms with Crippen LogP contribution in [0.3, 0.4) is 0 Å². The lowest BCUT2D eigenvalue weighted by Gasteiger charge is -2.28. The fraction of sp³-hybridized carbons (Fsp3) is 0.455. The van der Waals surface area contributed by atoms with Gasteiger partial charge in [-0.05, 0) is 37.5 Å². The summed E-state index contributed by atoms with van der Waals surface area (Å²) in [5, 5.41) is 5.00. The molecule has 1 atom stereocenters. The lowest BCUT2D eigenvalue weighted by Crippen LogP contribution is -2.36. The van der Waals surface area contributed by atoms with E-state index in [1.807, 2.05) is 11.8 Å². The van der Waals surface area contributed by atoms with E-state index in [-0.39, 0.29) is 0 Å². The smallest absolute Gasteiger partial charge is 0.146 e. The number of thiophene rings is 1. The minimum atomic E-state index is 0.293. The number of thioether (sulfide) groups is 1. The van der Waals surface area contributed by atoms with Crippen molar-refractivity contribution in [1.82, 2.24) is 14.9 Å². The van der Waals surface area contributed by atoms with Crippen LogP contribution in [0, 0.1) is 13.8 Å². The number of benzene rings is 1. The van der Waals surface area contributed by atoms with E-state index in [1.54, 1.807) is 11.3 Å². The highest BCUT2D eigenvalue weighted by molar-refractivity contribution is 7.99. The van der Waals surface area contributed by atoms with Gasteiger partial charge in [0.1, 0.15) is 16.5 Å². The van der Waals surface area contributed by atoms with E-state index in [2.05, 4.69) is 48.3 Å². The Morgan fingerprint density at radius 3 is 2.86 bits per heavy atom. The van der Waals surface area contributed by atoms with Gasteiger partial charge in [0.2, 0.25) is 0 Å². The predicted molar refractivity (Wildman–Crippen MR) is 121 cm³/mol. The van der Waals surface area contributed by atoms with Gasteiger partial charge in [-0.1, -0.05) is 18.2 Å². The maximum atomic E-state index is 5.49. The molecule has 7 heteroatoms. The summed E-state index contributed by atoms with van der Waals surface area (Å²) in [6.07, 6.45) is 1.11. The molecule has 3 aromatic rings. The molecule has 0 bridgehead atoms. The summed E-state index contributed by atoms with van der Waals surface area (Å²) in [6, 6.07) is 9.04. The third kappa shape index (κ3) is 3.89. The second-order valence-electron chi connectivity index (χ2n) is 7.71. The quantitative estimate of drug-likeness (QED) is 0.647. The molecule has 1 aromatic carbocycles. The Morgan fingerprint density at radius 1 is 1.17 bits per heavy atom. The average molecular weight is 427 g/mol. The monoisotopic (exact) mass is 426 g/mol. The molecule has 1 fully saturated rings. The zero-order valence-corrected chi connectivity index (χ0v) is 18.5. The van der Waals surface area contributed by atoms with Crippen molar-refractivity contribution in [2.75, 3.05) is 37.4 Å². The summed E-state index contributed by atoms with van der Waals surface area (Å²) >= 11 is 3.73. The number of ether oxygens (including phenoxy) is 1. The van der Waals surface area contributed by atoms with E-state index in [4.69, 9.17) is 14.7 Å². The Balaban J connectivity index is 1.51. The molecule has 0 radical (unpaired) electrons. The Morgan fingerprint density at radius 2 is 2.00 bits per heavy atom. The van der Waals surface area contributed by atoms with Crippen LogP contribution < -0.4 is 5.32 Å². The van der Waals surface area contributed by atoms with Crippen molar-refractivity contribution in [2.45, 2.75) is 37.8 Å². The van der Waals surface area contributed by atoms with Crippen LogP contribution in [0.1, 0.15) is 34.3 Å². The first-order valence-electron chi connectivity index (χ1n) is 10.2. The summed E-state index contributed by atoms with van der Waals surface area (Å²) in [7, 11) is 0. The van der Waals surface area contributed by atoms with Gasteiger partial charge in [-0.3, -0.25) is 4.90 Å². The van der Waals surface area contributed by atoms with Gasteiger partial charge in [-0.2, -0.15) is 0 Å². The fourth-order valence-corrected chi connectivity index (χ4v) is 6.26. The summed E-state index contributed by atoms with van der Waals surface area (Å²) in [5.41, 5.74) is 2.68. The van der Waals surface area contributed by atoms with Crippen molar-refractivity contribution < 1.29 is 4.74 Å². The Kier molecular flexibility index (Phi) is 5.47. The van der Waals surface area contributed by atoms with Gasteiger partial charge in [-0.15, -0.1) is 23.1 Å². The summed E-state index contributed by atoms with van der Waals surface area (Å²) in [5.74, 6) is 3.03. The van der Waals surface area contributed by atoms with Gasteiger partial charge < -0.3 is 10.1 Å². The molecule has 5 rings (SSSR count). The third-order valence-electron chi connectivity index (χ3n) is 5.81. The Bertz CT molecular complexity index is 1030. The van der Waals surface area contributed by atoms with Crippen LogP contribution in [-0.4, -0.2) is 46.9 Å². The molecule has 4 heterocycles. The van der Waals surface area contributed by atoms with E-state index >= 15 is 0 Å². The van der Waals surface area contributed by atoms with Crippen LogP contribution in [0.2, 0.25) is 0 Å². The van der Waals surface area contributed by atoms with Gasteiger partial charge >= 0.3 is 0 Å². The number of aryl methyl sites for hydroxylation is 2. The lowest BCUT2D eigenvalue weighted by molar-refractivity contribution is 0.0331. The van der Waals surface area contributed by atoms with Crippen molar-refractivity contribution in [2.24, 2.45) is 0 Å². The molecule has 0 amide bonds. The summed E-state index contributed by atoms with van der Waals surface area (Å²) in [4.78, 5) is 16.1. The fourth-order valence-electron chi connectivity index (χ4n) is 4.09. The highest BCUT2D eigenvalue weighted by atomic mass is 32.2. The number of fused-ring (bicyclic) bond motifs is 2. The molecular weight excluding hydrogens is 400 g/mol. The average Bonchev–Trinajstić information content (AvgIpc) is 3.03. The van der Waals surface area contributed by atoms with Crippen molar-refractivity contribution in [3.05, 3.63) is 46.1 Å². The highest BCUT2D eigenvalue weighted by Crippen LogP contribution is 2.40. The van der Waals surface area contributed by atoms with Crippen LogP contribution in [0.4, 0.5) is 5.82 Å². The molecule has 0 aliphatic carbocycles. The first-order chi connectivity index (χ1) is 14.2. The number of nitrogens with zero attached hydrogens (tertiary/aromatic N) is 3. The molecule has 0 unspecified atom stereocenters. The SMILES string of the molecule is Cc1sc2nc(CN3CCOCC3)nc(N[C@@H]3CCSc4ccccc43)c2c1C. The standard InChI is InChI=1S/C22H26N4OS2/c1-14-15(2)29-22-20(14)21(24-19(25-22)13-26-8-10-27-11-9-26)23-17-7-12-28-18-6-4-3-5-16(17)18/h3-6,17H,7-13H2,1-2H3,(H,23,24,25)/t17-/m1/s1. The van der Waals surface area contributed by atoms with Crippen LogP contribution in [-0.2, 0) is 11.3 Å². The number of anilines is 1. The number of morpholine rings is 1. The molecule has 152 valence electrons. The normalized spacial score (nSPS) is 20.0.